The number of thiazole rings is 1. The first-order chi connectivity index (χ1) is 7.22. The van der Waals surface area contributed by atoms with Crippen molar-refractivity contribution in [2.75, 3.05) is 0 Å². The highest BCUT2D eigenvalue weighted by Crippen LogP contribution is 2.20. The molecule has 0 spiro atoms. The second-order valence-corrected chi connectivity index (χ2v) is 4.95. The molecule has 2 aromatic heterocycles. The number of thiophene rings is 1. The Morgan fingerprint density at radius 2 is 2.33 bits per heavy atom. The number of aromatic nitrogens is 1. The third-order valence-electron chi connectivity index (χ3n) is 2.03. The van der Waals surface area contributed by atoms with E-state index in [2.05, 4.69) is 4.98 Å². The molecule has 2 aromatic rings. The minimum atomic E-state index is -0.00144. The maximum Gasteiger partial charge on any atom is 0.222 e. The zero-order chi connectivity index (χ0) is 10.8. The molecule has 0 aromatic carbocycles. The van der Waals surface area contributed by atoms with Gasteiger partial charge in [0.05, 0.1) is 4.88 Å². The number of rotatable bonds is 3. The zero-order valence-electron chi connectivity index (χ0n) is 8.19. The number of nitrogens with two attached hydrogens (primary N) is 1. The predicted octanol–water partition coefficient (Wildman–Crippen LogP) is 2.20. The van der Waals surface area contributed by atoms with Crippen LogP contribution in [0.3, 0.4) is 0 Å². The molecule has 0 saturated carbocycles. The molecule has 0 saturated heterocycles. The third-order valence-corrected chi connectivity index (χ3v) is 3.91. The normalized spacial score (nSPS) is 10.5. The average molecular weight is 238 g/mol. The van der Waals surface area contributed by atoms with Crippen LogP contribution in [0.2, 0.25) is 0 Å². The lowest BCUT2D eigenvalue weighted by Crippen LogP contribution is -2.02. The maximum atomic E-state index is 12.0. The molecule has 0 aliphatic carbocycles. The molecule has 0 bridgehead atoms. The molecule has 0 aliphatic heterocycles. The monoisotopic (exact) mass is 238 g/mol. The fraction of sp³-hybridized carbons (Fsp3) is 0.200. The van der Waals surface area contributed by atoms with Crippen LogP contribution in [0, 0.1) is 6.92 Å². The minimum Gasteiger partial charge on any atom is -0.325 e. The van der Waals surface area contributed by atoms with Crippen LogP contribution < -0.4 is 5.73 Å². The van der Waals surface area contributed by atoms with Crippen LogP contribution in [0.15, 0.2) is 16.8 Å². The molecule has 5 heteroatoms. The van der Waals surface area contributed by atoms with Crippen molar-refractivity contribution in [2.45, 2.75) is 13.5 Å². The largest absolute Gasteiger partial charge is 0.325 e. The Kier molecular flexibility index (Phi) is 2.95. The Labute approximate surface area is 95.6 Å². The van der Waals surface area contributed by atoms with Crippen molar-refractivity contribution in [2.24, 2.45) is 5.73 Å². The second-order valence-electron chi connectivity index (χ2n) is 3.09. The van der Waals surface area contributed by atoms with Crippen molar-refractivity contribution in [3.8, 4) is 0 Å². The molecule has 0 radical (unpaired) electrons. The Morgan fingerprint density at radius 3 is 2.87 bits per heavy atom. The van der Waals surface area contributed by atoms with Crippen LogP contribution >= 0.6 is 22.7 Å². The van der Waals surface area contributed by atoms with Crippen LogP contribution in [-0.2, 0) is 6.54 Å². The minimum absolute atomic E-state index is 0.00144. The Morgan fingerprint density at radius 1 is 1.53 bits per heavy atom. The lowest BCUT2D eigenvalue weighted by Gasteiger charge is -1.94. The van der Waals surface area contributed by atoms with E-state index in [1.165, 1.54) is 22.7 Å². The van der Waals surface area contributed by atoms with E-state index >= 15 is 0 Å². The molecule has 15 heavy (non-hydrogen) atoms. The van der Waals surface area contributed by atoms with Crippen molar-refractivity contribution in [3.05, 3.63) is 38.0 Å². The molecule has 0 amide bonds. The zero-order valence-corrected chi connectivity index (χ0v) is 9.82. The molecule has 2 heterocycles. The maximum absolute atomic E-state index is 12.0. The van der Waals surface area contributed by atoms with E-state index in [1.54, 1.807) is 5.38 Å². The third kappa shape index (κ3) is 1.99. The summed E-state index contributed by atoms with van der Waals surface area (Å²) in [5.74, 6) is -0.00144. The van der Waals surface area contributed by atoms with E-state index in [4.69, 9.17) is 5.73 Å². The summed E-state index contributed by atoms with van der Waals surface area (Å²) in [7, 11) is 0. The molecule has 0 aliphatic rings. The Hall–Kier alpha value is -1.04. The van der Waals surface area contributed by atoms with Crippen LogP contribution in [0.4, 0.5) is 0 Å². The molecule has 0 fully saturated rings. The van der Waals surface area contributed by atoms with Crippen molar-refractivity contribution in [1.29, 1.82) is 0 Å². The summed E-state index contributed by atoms with van der Waals surface area (Å²) in [5.41, 5.74) is 6.96. The molecular formula is C10H10N2OS2. The van der Waals surface area contributed by atoms with Gasteiger partial charge in [0, 0.05) is 11.9 Å². The van der Waals surface area contributed by atoms with Crippen molar-refractivity contribution in [1.82, 2.24) is 4.98 Å². The van der Waals surface area contributed by atoms with Crippen LogP contribution in [-0.4, -0.2) is 10.8 Å². The van der Waals surface area contributed by atoms with E-state index in [0.717, 1.165) is 15.4 Å². The number of carbonyl (C=O) groups excluding carboxylic acids is 1. The van der Waals surface area contributed by atoms with Gasteiger partial charge in [-0.05, 0) is 23.9 Å². The predicted molar refractivity (Wildman–Crippen MR) is 62.5 cm³/mol. The summed E-state index contributed by atoms with van der Waals surface area (Å²) >= 11 is 2.88. The highest BCUT2D eigenvalue weighted by atomic mass is 32.1. The first-order valence-electron chi connectivity index (χ1n) is 4.45. The van der Waals surface area contributed by atoms with Gasteiger partial charge in [-0.2, -0.15) is 0 Å². The number of aryl methyl sites for hydroxylation is 1. The van der Waals surface area contributed by atoms with E-state index in [1.807, 2.05) is 18.4 Å². The number of hydrogen-bond acceptors (Lipinski definition) is 5. The standard InChI is InChI=1S/C10H10N2OS2/c1-6-2-3-14-10(6)9(13)7-5-15-8(4-11)12-7/h2-3,5H,4,11H2,1H3. The first kappa shape index (κ1) is 10.5. The molecule has 3 nitrogen and oxygen atoms in total. The SMILES string of the molecule is Cc1ccsc1C(=O)c1csc(CN)n1. The van der Waals surface area contributed by atoms with Crippen molar-refractivity contribution in [3.63, 3.8) is 0 Å². The number of hydrogen-bond donors (Lipinski definition) is 1. The number of carbonyl (C=O) groups is 1. The van der Waals surface area contributed by atoms with Gasteiger partial charge in [-0.1, -0.05) is 0 Å². The van der Waals surface area contributed by atoms with Gasteiger partial charge >= 0.3 is 0 Å². The van der Waals surface area contributed by atoms with Gasteiger partial charge in [-0.15, -0.1) is 22.7 Å². The van der Waals surface area contributed by atoms with Gasteiger partial charge < -0.3 is 5.73 Å². The average Bonchev–Trinajstić information content (AvgIpc) is 2.84. The fourth-order valence-corrected chi connectivity index (χ4v) is 2.76. The van der Waals surface area contributed by atoms with Gasteiger partial charge in [-0.25, -0.2) is 4.98 Å². The van der Waals surface area contributed by atoms with Crippen molar-refractivity contribution < 1.29 is 4.79 Å². The molecular weight excluding hydrogens is 228 g/mol. The smallest absolute Gasteiger partial charge is 0.222 e. The summed E-state index contributed by atoms with van der Waals surface area (Å²) in [4.78, 5) is 16.9. The van der Waals surface area contributed by atoms with Crippen LogP contribution in [0.25, 0.3) is 0 Å². The summed E-state index contributed by atoms with van der Waals surface area (Å²) in [6, 6.07) is 1.94. The Bertz CT molecular complexity index is 487. The molecule has 78 valence electrons. The first-order valence-corrected chi connectivity index (χ1v) is 6.21. The van der Waals surface area contributed by atoms with E-state index in [0.29, 0.717) is 12.2 Å². The summed E-state index contributed by atoms with van der Waals surface area (Å²) in [6.07, 6.45) is 0. The van der Waals surface area contributed by atoms with Crippen LogP contribution in [0.1, 0.15) is 25.9 Å². The van der Waals surface area contributed by atoms with Gasteiger partial charge in [0.1, 0.15) is 10.7 Å². The molecule has 2 rings (SSSR count). The molecule has 0 atom stereocenters. The highest BCUT2D eigenvalue weighted by molar-refractivity contribution is 7.12. The highest BCUT2D eigenvalue weighted by Gasteiger charge is 2.15. The molecule has 0 unspecified atom stereocenters. The van der Waals surface area contributed by atoms with Gasteiger partial charge in [0.2, 0.25) is 5.78 Å². The van der Waals surface area contributed by atoms with Gasteiger partial charge in [0.15, 0.2) is 0 Å². The quantitative estimate of drug-likeness (QED) is 0.834. The summed E-state index contributed by atoms with van der Waals surface area (Å²) < 4.78 is 0. The van der Waals surface area contributed by atoms with Gasteiger partial charge in [-0.3, -0.25) is 4.79 Å². The lowest BCUT2D eigenvalue weighted by atomic mass is 10.2. The number of ketones is 1. The van der Waals surface area contributed by atoms with E-state index in [9.17, 15) is 4.79 Å². The second kappa shape index (κ2) is 4.22. The molecule has 2 N–H and O–H groups in total. The van der Waals surface area contributed by atoms with Crippen LogP contribution in [0.5, 0.6) is 0 Å². The van der Waals surface area contributed by atoms with E-state index < -0.39 is 0 Å². The Balaban J connectivity index is 2.32. The number of nitrogens with zero attached hydrogens (tertiary/aromatic N) is 1. The topological polar surface area (TPSA) is 56.0 Å². The van der Waals surface area contributed by atoms with E-state index in [-0.39, 0.29) is 5.78 Å². The summed E-state index contributed by atoms with van der Waals surface area (Å²) in [6.45, 7) is 2.32. The fourth-order valence-electron chi connectivity index (χ4n) is 1.23. The van der Waals surface area contributed by atoms with Gasteiger partial charge in [0.25, 0.3) is 0 Å². The lowest BCUT2D eigenvalue weighted by molar-refractivity contribution is 0.103. The summed E-state index contributed by atoms with van der Waals surface area (Å²) in [5, 5.41) is 4.48. The van der Waals surface area contributed by atoms with Crippen molar-refractivity contribution >= 4 is 28.5 Å².